The Balaban J connectivity index is 2.08. The highest BCUT2D eigenvalue weighted by molar-refractivity contribution is 6.02. The molecule has 1 aromatic carbocycles. The van der Waals surface area contributed by atoms with Crippen LogP contribution in [0.15, 0.2) is 36.8 Å². The lowest BCUT2D eigenvalue weighted by atomic mass is 10.1. The molecule has 0 saturated heterocycles. The molecule has 0 saturated carbocycles. The van der Waals surface area contributed by atoms with Crippen LogP contribution in [-0.2, 0) is 6.42 Å². The van der Waals surface area contributed by atoms with Gasteiger partial charge in [-0.1, -0.05) is 12.1 Å². The van der Waals surface area contributed by atoms with E-state index >= 15 is 0 Å². The summed E-state index contributed by atoms with van der Waals surface area (Å²) in [7, 11) is 0. The van der Waals surface area contributed by atoms with E-state index in [2.05, 4.69) is 10.3 Å². The van der Waals surface area contributed by atoms with E-state index < -0.39 is 0 Å². The summed E-state index contributed by atoms with van der Waals surface area (Å²) in [6, 6.07) is 7.72. The lowest BCUT2D eigenvalue weighted by Gasteiger charge is -2.06. The van der Waals surface area contributed by atoms with Crippen molar-refractivity contribution in [3.8, 4) is 0 Å². The number of anilines is 1. The predicted molar refractivity (Wildman–Crippen MR) is 77.8 cm³/mol. The Kier molecular flexibility index (Phi) is 4.53. The zero-order valence-electron chi connectivity index (χ0n) is 11.7. The molecule has 5 nitrogen and oxygen atoms in total. The SMILES string of the molecule is CC(C)n1cnc(C(=O)Nc2cccc(CCO)c2)c1. The van der Waals surface area contributed by atoms with Gasteiger partial charge in [-0.2, -0.15) is 0 Å². The molecule has 0 unspecified atom stereocenters. The molecule has 0 aliphatic carbocycles. The molecule has 0 aliphatic heterocycles. The minimum atomic E-state index is -0.231. The van der Waals surface area contributed by atoms with Crippen LogP contribution in [0.25, 0.3) is 0 Å². The smallest absolute Gasteiger partial charge is 0.275 e. The normalized spacial score (nSPS) is 10.8. The van der Waals surface area contributed by atoms with Crippen molar-refractivity contribution in [3.05, 3.63) is 48.0 Å². The summed E-state index contributed by atoms with van der Waals surface area (Å²) in [4.78, 5) is 16.2. The molecule has 0 fully saturated rings. The minimum Gasteiger partial charge on any atom is -0.396 e. The summed E-state index contributed by atoms with van der Waals surface area (Å²) in [6.07, 6.45) is 3.96. The molecule has 2 N–H and O–H groups in total. The monoisotopic (exact) mass is 273 g/mol. The van der Waals surface area contributed by atoms with Gasteiger partial charge in [0.1, 0.15) is 5.69 Å². The Bertz CT molecular complexity index is 590. The van der Waals surface area contributed by atoms with Crippen molar-refractivity contribution in [2.45, 2.75) is 26.3 Å². The van der Waals surface area contributed by atoms with Crippen LogP contribution >= 0.6 is 0 Å². The van der Waals surface area contributed by atoms with E-state index in [0.29, 0.717) is 17.8 Å². The van der Waals surface area contributed by atoms with Crippen molar-refractivity contribution in [3.63, 3.8) is 0 Å². The fraction of sp³-hybridized carbons (Fsp3) is 0.333. The molecule has 5 heteroatoms. The third-order valence-corrected chi connectivity index (χ3v) is 3.02. The number of benzene rings is 1. The van der Waals surface area contributed by atoms with Gasteiger partial charge in [-0.05, 0) is 38.0 Å². The van der Waals surface area contributed by atoms with Crippen LogP contribution in [0.3, 0.4) is 0 Å². The van der Waals surface area contributed by atoms with Crippen LogP contribution < -0.4 is 5.32 Å². The Morgan fingerprint density at radius 2 is 2.25 bits per heavy atom. The molecule has 0 radical (unpaired) electrons. The Morgan fingerprint density at radius 3 is 2.90 bits per heavy atom. The molecule has 1 amide bonds. The fourth-order valence-corrected chi connectivity index (χ4v) is 1.87. The van der Waals surface area contributed by atoms with E-state index in [4.69, 9.17) is 5.11 Å². The molecule has 0 atom stereocenters. The van der Waals surface area contributed by atoms with Crippen LogP contribution in [0.2, 0.25) is 0 Å². The molecule has 20 heavy (non-hydrogen) atoms. The average molecular weight is 273 g/mol. The second kappa shape index (κ2) is 6.34. The summed E-state index contributed by atoms with van der Waals surface area (Å²) < 4.78 is 1.89. The average Bonchev–Trinajstić information content (AvgIpc) is 2.89. The number of hydrogen-bond donors (Lipinski definition) is 2. The lowest BCUT2D eigenvalue weighted by molar-refractivity contribution is 0.102. The number of nitrogens with one attached hydrogen (secondary N) is 1. The molecule has 1 aromatic heterocycles. The highest BCUT2D eigenvalue weighted by Crippen LogP contribution is 2.13. The van der Waals surface area contributed by atoms with Crippen molar-refractivity contribution in [1.29, 1.82) is 0 Å². The van der Waals surface area contributed by atoms with Crippen LogP contribution in [0.1, 0.15) is 35.9 Å². The second-order valence-corrected chi connectivity index (χ2v) is 4.93. The summed E-state index contributed by atoms with van der Waals surface area (Å²) in [5.41, 5.74) is 2.09. The number of aliphatic hydroxyl groups excluding tert-OH is 1. The molecule has 1 heterocycles. The van der Waals surface area contributed by atoms with Crippen molar-refractivity contribution < 1.29 is 9.90 Å². The van der Waals surface area contributed by atoms with Gasteiger partial charge >= 0.3 is 0 Å². The first-order chi connectivity index (χ1) is 9.60. The van der Waals surface area contributed by atoms with Gasteiger partial charge in [0.2, 0.25) is 0 Å². The zero-order valence-corrected chi connectivity index (χ0v) is 11.7. The number of aromatic nitrogens is 2. The van der Waals surface area contributed by atoms with Gasteiger partial charge in [0, 0.05) is 24.5 Å². The van der Waals surface area contributed by atoms with Gasteiger partial charge in [0.05, 0.1) is 6.33 Å². The number of carbonyl (C=O) groups excluding carboxylic acids is 1. The number of amides is 1. The van der Waals surface area contributed by atoms with Crippen LogP contribution in [-0.4, -0.2) is 27.2 Å². The first-order valence-electron chi connectivity index (χ1n) is 6.65. The van der Waals surface area contributed by atoms with E-state index in [1.165, 1.54) is 0 Å². The minimum absolute atomic E-state index is 0.0934. The third kappa shape index (κ3) is 3.45. The van der Waals surface area contributed by atoms with Gasteiger partial charge in [0.15, 0.2) is 0 Å². The number of imidazole rings is 1. The highest BCUT2D eigenvalue weighted by Gasteiger charge is 2.10. The largest absolute Gasteiger partial charge is 0.396 e. The van der Waals surface area contributed by atoms with Crippen LogP contribution in [0.5, 0.6) is 0 Å². The first kappa shape index (κ1) is 14.3. The molecule has 2 rings (SSSR count). The summed E-state index contributed by atoms with van der Waals surface area (Å²) in [5.74, 6) is -0.231. The van der Waals surface area contributed by atoms with E-state index in [0.717, 1.165) is 5.56 Å². The van der Waals surface area contributed by atoms with Crippen molar-refractivity contribution in [2.75, 3.05) is 11.9 Å². The van der Waals surface area contributed by atoms with Crippen molar-refractivity contribution >= 4 is 11.6 Å². The summed E-state index contributed by atoms with van der Waals surface area (Å²) in [6.45, 7) is 4.15. The van der Waals surface area contributed by atoms with Gasteiger partial charge in [-0.3, -0.25) is 4.79 Å². The molecular formula is C15H19N3O2. The zero-order chi connectivity index (χ0) is 14.5. The maximum Gasteiger partial charge on any atom is 0.275 e. The Morgan fingerprint density at radius 1 is 1.45 bits per heavy atom. The first-order valence-corrected chi connectivity index (χ1v) is 6.65. The maximum atomic E-state index is 12.1. The topological polar surface area (TPSA) is 67.2 Å². The van der Waals surface area contributed by atoms with Gasteiger partial charge in [-0.25, -0.2) is 4.98 Å². The number of aliphatic hydroxyl groups is 1. The van der Waals surface area contributed by atoms with Gasteiger partial charge < -0.3 is 15.0 Å². The summed E-state index contributed by atoms with van der Waals surface area (Å²) in [5, 5.41) is 11.7. The number of rotatable bonds is 5. The van der Waals surface area contributed by atoms with E-state index in [-0.39, 0.29) is 18.6 Å². The van der Waals surface area contributed by atoms with Gasteiger partial charge in [-0.15, -0.1) is 0 Å². The van der Waals surface area contributed by atoms with Crippen LogP contribution in [0, 0.1) is 0 Å². The molecule has 106 valence electrons. The number of carbonyl (C=O) groups is 1. The number of hydrogen-bond acceptors (Lipinski definition) is 3. The quantitative estimate of drug-likeness (QED) is 0.878. The van der Waals surface area contributed by atoms with Crippen LogP contribution in [0.4, 0.5) is 5.69 Å². The molecule has 0 bridgehead atoms. The van der Waals surface area contributed by atoms with E-state index in [1.54, 1.807) is 12.5 Å². The summed E-state index contributed by atoms with van der Waals surface area (Å²) >= 11 is 0. The molecule has 0 spiro atoms. The predicted octanol–water partition coefficient (Wildman–Crippen LogP) is 2.25. The lowest BCUT2D eigenvalue weighted by Crippen LogP contribution is -2.12. The molecule has 2 aromatic rings. The van der Waals surface area contributed by atoms with Gasteiger partial charge in [0.25, 0.3) is 5.91 Å². The fourth-order valence-electron chi connectivity index (χ4n) is 1.87. The Labute approximate surface area is 118 Å². The Hall–Kier alpha value is -2.14. The van der Waals surface area contributed by atoms with Crippen molar-refractivity contribution in [1.82, 2.24) is 9.55 Å². The maximum absolute atomic E-state index is 12.1. The highest BCUT2D eigenvalue weighted by atomic mass is 16.3. The third-order valence-electron chi connectivity index (χ3n) is 3.02. The van der Waals surface area contributed by atoms with E-state index in [9.17, 15) is 4.79 Å². The molecule has 0 aliphatic rings. The number of nitrogens with zero attached hydrogens (tertiary/aromatic N) is 2. The second-order valence-electron chi connectivity index (χ2n) is 4.93. The molecular weight excluding hydrogens is 254 g/mol. The van der Waals surface area contributed by atoms with Crippen molar-refractivity contribution in [2.24, 2.45) is 0 Å². The standard InChI is InChI=1S/C15H19N3O2/c1-11(2)18-9-14(16-10-18)15(20)17-13-5-3-4-12(8-13)6-7-19/h3-5,8-11,19H,6-7H2,1-2H3,(H,17,20). The van der Waals surface area contributed by atoms with E-state index in [1.807, 2.05) is 42.7 Å².